The summed E-state index contributed by atoms with van der Waals surface area (Å²) in [6.07, 6.45) is 0. The van der Waals surface area contributed by atoms with E-state index < -0.39 is 34.3 Å². The Morgan fingerprint density at radius 2 is 2.07 bits per heavy atom. The van der Waals surface area contributed by atoms with Gasteiger partial charge in [-0.05, 0) is 31.5 Å². The van der Waals surface area contributed by atoms with Crippen molar-refractivity contribution in [3.05, 3.63) is 57.5 Å². The zero-order valence-corrected chi connectivity index (χ0v) is 15.2. The summed E-state index contributed by atoms with van der Waals surface area (Å²) in [7, 11) is 1.27. The van der Waals surface area contributed by atoms with Gasteiger partial charge in [0.2, 0.25) is 5.75 Å². The van der Waals surface area contributed by atoms with Gasteiger partial charge in [0, 0.05) is 0 Å². The lowest BCUT2D eigenvalue weighted by Crippen LogP contribution is -2.42. The largest absolute Gasteiger partial charge is 0.501 e. The molecule has 0 saturated carbocycles. The van der Waals surface area contributed by atoms with Crippen molar-refractivity contribution >= 4 is 5.91 Å². The van der Waals surface area contributed by atoms with E-state index in [-0.39, 0.29) is 18.9 Å². The van der Waals surface area contributed by atoms with E-state index in [0.717, 1.165) is 5.06 Å². The Morgan fingerprint density at radius 1 is 1.41 bits per heavy atom. The molecule has 0 fully saturated rings. The second kappa shape index (κ2) is 7.09. The van der Waals surface area contributed by atoms with Crippen LogP contribution in [0.2, 0.25) is 0 Å². The first-order valence-electron chi connectivity index (χ1n) is 8.33. The topological polar surface area (TPSA) is 93.9 Å². The van der Waals surface area contributed by atoms with E-state index in [9.17, 15) is 19.1 Å². The molecule has 1 N–H and O–H groups in total. The van der Waals surface area contributed by atoms with Gasteiger partial charge in [0.15, 0.2) is 5.69 Å². The molecule has 0 atom stereocenters. The number of hydroxylamine groups is 2. The van der Waals surface area contributed by atoms with Crippen LogP contribution < -0.4 is 5.56 Å². The highest BCUT2D eigenvalue weighted by molar-refractivity contribution is 5.94. The van der Waals surface area contributed by atoms with Crippen LogP contribution in [-0.4, -0.2) is 39.3 Å². The van der Waals surface area contributed by atoms with Crippen molar-refractivity contribution in [1.82, 2.24) is 14.6 Å². The maximum absolute atomic E-state index is 13.1. The van der Waals surface area contributed by atoms with Crippen LogP contribution in [0, 0.1) is 5.82 Å². The number of carbonyl (C=O) groups is 1. The van der Waals surface area contributed by atoms with Crippen LogP contribution in [0.25, 0.3) is 0 Å². The molecule has 1 aromatic carbocycles. The van der Waals surface area contributed by atoms with Gasteiger partial charge in [-0.15, -0.1) is 0 Å². The molecule has 0 unspecified atom stereocenters. The van der Waals surface area contributed by atoms with Crippen molar-refractivity contribution in [3.63, 3.8) is 0 Å². The van der Waals surface area contributed by atoms with Gasteiger partial charge in [0.25, 0.3) is 11.5 Å². The number of benzene rings is 1. The number of nitrogens with zero attached hydrogens (tertiary/aromatic N) is 3. The van der Waals surface area contributed by atoms with Gasteiger partial charge in [0.05, 0.1) is 26.8 Å². The van der Waals surface area contributed by atoms with Gasteiger partial charge in [-0.2, -0.15) is 0 Å². The SMILES string of the molecule is CON(Cc1ccc(F)cc1)C(=O)c1nc2n(c(=O)c1O)CCOC2(C)C. The number of carbonyl (C=O) groups excluding carboxylic acids is 1. The molecule has 144 valence electrons. The molecule has 0 saturated heterocycles. The van der Waals surface area contributed by atoms with Gasteiger partial charge in [-0.3, -0.25) is 19.0 Å². The first-order chi connectivity index (χ1) is 12.7. The summed E-state index contributed by atoms with van der Waals surface area (Å²) in [6, 6.07) is 5.52. The summed E-state index contributed by atoms with van der Waals surface area (Å²) in [6.45, 7) is 3.96. The summed E-state index contributed by atoms with van der Waals surface area (Å²) in [5, 5.41) is 11.2. The van der Waals surface area contributed by atoms with Crippen LogP contribution in [0.1, 0.15) is 35.7 Å². The van der Waals surface area contributed by atoms with E-state index in [1.165, 1.54) is 35.9 Å². The monoisotopic (exact) mass is 377 g/mol. The zero-order valence-electron chi connectivity index (χ0n) is 15.2. The molecule has 2 heterocycles. The fraction of sp³-hybridized carbons (Fsp3) is 0.389. The summed E-state index contributed by atoms with van der Waals surface area (Å²) >= 11 is 0. The minimum atomic E-state index is -0.894. The van der Waals surface area contributed by atoms with Crippen molar-refractivity contribution < 1.29 is 23.9 Å². The maximum atomic E-state index is 13.1. The van der Waals surface area contributed by atoms with Crippen LogP contribution in [0.5, 0.6) is 5.75 Å². The van der Waals surface area contributed by atoms with Gasteiger partial charge in [-0.1, -0.05) is 12.1 Å². The van der Waals surface area contributed by atoms with Gasteiger partial charge in [-0.25, -0.2) is 14.4 Å². The number of aromatic hydroxyl groups is 1. The number of aromatic nitrogens is 2. The quantitative estimate of drug-likeness (QED) is 0.813. The molecule has 0 radical (unpaired) electrons. The molecule has 2 aromatic rings. The third kappa shape index (κ3) is 3.56. The minimum absolute atomic E-state index is 0.0188. The predicted octanol–water partition coefficient (Wildman–Crippen LogP) is 1.56. The third-order valence-corrected chi connectivity index (χ3v) is 4.35. The number of halogens is 1. The minimum Gasteiger partial charge on any atom is -0.501 e. The van der Waals surface area contributed by atoms with Gasteiger partial charge in [0.1, 0.15) is 17.2 Å². The molecular formula is C18H20FN3O5. The molecule has 8 nitrogen and oxygen atoms in total. The van der Waals surface area contributed by atoms with E-state index in [2.05, 4.69) is 4.98 Å². The highest BCUT2D eigenvalue weighted by Crippen LogP contribution is 2.27. The van der Waals surface area contributed by atoms with Crippen molar-refractivity contribution in [2.75, 3.05) is 13.7 Å². The first-order valence-corrected chi connectivity index (χ1v) is 8.33. The maximum Gasteiger partial charge on any atom is 0.300 e. The third-order valence-electron chi connectivity index (χ3n) is 4.35. The van der Waals surface area contributed by atoms with Gasteiger partial charge >= 0.3 is 0 Å². The molecule has 9 heteroatoms. The lowest BCUT2D eigenvalue weighted by Gasteiger charge is -2.32. The Morgan fingerprint density at radius 3 is 2.70 bits per heavy atom. The Bertz CT molecular complexity index is 924. The average Bonchev–Trinajstić information content (AvgIpc) is 2.63. The highest BCUT2D eigenvalue weighted by Gasteiger charge is 2.35. The van der Waals surface area contributed by atoms with Gasteiger partial charge < -0.3 is 9.84 Å². The Labute approximate surface area is 154 Å². The van der Waals surface area contributed by atoms with Crippen LogP contribution >= 0.6 is 0 Å². The van der Waals surface area contributed by atoms with Crippen LogP contribution in [0.3, 0.4) is 0 Å². The molecule has 27 heavy (non-hydrogen) atoms. The second-order valence-electron chi connectivity index (χ2n) is 6.60. The molecule has 3 rings (SSSR count). The second-order valence-corrected chi connectivity index (χ2v) is 6.60. The fourth-order valence-corrected chi connectivity index (χ4v) is 2.91. The van der Waals surface area contributed by atoms with Crippen LogP contribution in [0.15, 0.2) is 29.1 Å². The van der Waals surface area contributed by atoms with E-state index in [4.69, 9.17) is 9.57 Å². The highest BCUT2D eigenvalue weighted by atomic mass is 19.1. The van der Waals surface area contributed by atoms with Crippen molar-refractivity contribution in [2.24, 2.45) is 0 Å². The summed E-state index contributed by atoms with van der Waals surface area (Å²) in [4.78, 5) is 34.6. The normalized spacial score (nSPS) is 15.3. The molecule has 0 spiro atoms. The van der Waals surface area contributed by atoms with Crippen molar-refractivity contribution in [3.8, 4) is 5.75 Å². The average molecular weight is 377 g/mol. The van der Waals surface area contributed by atoms with E-state index in [1.807, 2.05) is 0 Å². The fourth-order valence-electron chi connectivity index (χ4n) is 2.91. The Hall–Kier alpha value is -2.78. The first kappa shape index (κ1) is 19.0. The van der Waals surface area contributed by atoms with E-state index >= 15 is 0 Å². The number of hydrogen-bond acceptors (Lipinski definition) is 6. The Kier molecular flexibility index (Phi) is 4.99. The smallest absolute Gasteiger partial charge is 0.300 e. The lowest BCUT2D eigenvalue weighted by atomic mass is 10.1. The number of ether oxygens (including phenoxy) is 1. The summed E-state index contributed by atoms with van der Waals surface area (Å²) in [5.41, 5.74) is -1.43. The summed E-state index contributed by atoms with van der Waals surface area (Å²) in [5.74, 6) is -1.69. The summed E-state index contributed by atoms with van der Waals surface area (Å²) < 4.78 is 20.0. The Balaban J connectivity index is 1.99. The van der Waals surface area contributed by atoms with E-state index in [1.54, 1.807) is 13.8 Å². The van der Waals surface area contributed by atoms with Crippen molar-refractivity contribution in [2.45, 2.75) is 32.5 Å². The lowest BCUT2D eigenvalue weighted by molar-refractivity contribution is -0.102. The number of amides is 1. The van der Waals surface area contributed by atoms with E-state index in [0.29, 0.717) is 12.2 Å². The van der Waals surface area contributed by atoms with Crippen molar-refractivity contribution in [1.29, 1.82) is 0 Å². The molecule has 1 aliphatic heterocycles. The molecular weight excluding hydrogens is 357 g/mol. The molecule has 0 bridgehead atoms. The molecule has 1 aliphatic rings. The molecule has 1 aromatic heterocycles. The number of fused-ring (bicyclic) bond motifs is 1. The number of hydrogen-bond donors (Lipinski definition) is 1. The predicted molar refractivity (Wildman–Crippen MR) is 92.4 cm³/mol. The van der Waals surface area contributed by atoms with Crippen LogP contribution in [-0.2, 0) is 28.3 Å². The molecule has 0 aliphatic carbocycles. The zero-order chi connectivity index (χ0) is 19.8. The van der Waals surface area contributed by atoms with Crippen LogP contribution in [0.4, 0.5) is 4.39 Å². The number of rotatable bonds is 4. The molecule has 1 amide bonds. The standard InChI is InChI=1S/C18H20FN3O5/c1-18(2)17-20-13(14(23)16(25)21(17)8-9-27-18)15(24)22(26-3)10-11-4-6-12(19)7-5-11/h4-7,23H,8-10H2,1-3H3.